The van der Waals surface area contributed by atoms with Gasteiger partial charge in [0.2, 0.25) is 5.88 Å². The van der Waals surface area contributed by atoms with Crippen molar-refractivity contribution in [3.05, 3.63) is 66.1 Å². The van der Waals surface area contributed by atoms with Gasteiger partial charge in [-0.3, -0.25) is 4.79 Å². The number of likely N-dealkylation sites (tertiary alicyclic amines) is 1. The Morgan fingerprint density at radius 3 is 2.75 bits per heavy atom. The summed E-state index contributed by atoms with van der Waals surface area (Å²) in [6.07, 6.45) is 7.26. The summed E-state index contributed by atoms with van der Waals surface area (Å²) in [6.45, 7) is 3.01. The highest BCUT2D eigenvalue weighted by Gasteiger charge is 2.47. The Morgan fingerprint density at radius 1 is 1.12 bits per heavy atom. The van der Waals surface area contributed by atoms with Gasteiger partial charge >= 0.3 is 0 Å². The van der Waals surface area contributed by atoms with Crippen LogP contribution in [0.5, 0.6) is 5.88 Å². The fourth-order valence-electron chi connectivity index (χ4n) is 4.44. The van der Waals surface area contributed by atoms with Crippen LogP contribution in [0.25, 0.3) is 11.4 Å². The molecule has 2 fully saturated rings. The first-order valence-electron chi connectivity index (χ1n) is 10.9. The van der Waals surface area contributed by atoms with Crippen LogP contribution < -0.4 is 4.74 Å². The molecule has 3 aromatic rings. The monoisotopic (exact) mass is 433 g/mol. The lowest BCUT2D eigenvalue weighted by molar-refractivity contribution is 0.0560. The van der Waals surface area contributed by atoms with Crippen LogP contribution in [0.15, 0.2) is 48.9 Å². The molecule has 0 N–H and O–H groups in total. The van der Waals surface area contributed by atoms with Gasteiger partial charge in [0.15, 0.2) is 5.82 Å². The zero-order valence-corrected chi connectivity index (χ0v) is 17.8. The number of piperidine rings is 1. The van der Waals surface area contributed by atoms with Crippen LogP contribution in [0.1, 0.15) is 35.4 Å². The smallest absolute Gasteiger partial charge is 0.273 e. The molecule has 32 heavy (non-hydrogen) atoms. The van der Waals surface area contributed by atoms with E-state index in [9.17, 15) is 9.18 Å². The molecule has 1 saturated carbocycles. The third-order valence-corrected chi connectivity index (χ3v) is 6.22. The Morgan fingerprint density at radius 2 is 1.97 bits per heavy atom. The lowest BCUT2D eigenvalue weighted by atomic mass is 9.98. The Labute approximate surface area is 185 Å². The van der Waals surface area contributed by atoms with E-state index in [2.05, 4.69) is 19.9 Å². The zero-order chi connectivity index (χ0) is 22.1. The molecule has 1 amide bonds. The van der Waals surface area contributed by atoms with Gasteiger partial charge in [0.1, 0.15) is 11.5 Å². The highest BCUT2D eigenvalue weighted by atomic mass is 19.1. The van der Waals surface area contributed by atoms with Crippen LogP contribution in [0.4, 0.5) is 4.39 Å². The minimum Gasteiger partial charge on any atom is -0.478 e. The number of halogens is 1. The van der Waals surface area contributed by atoms with Crippen molar-refractivity contribution >= 4 is 5.91 Å². The number of amides is 1. The molecule has 3 atom stereocenters. The van der Waals surface area contributed by atoms with Crippen LogP contribution >= 0.6 is 0 Å². The molecule has 0 aromatic carbocycles. The molecule has 4 heterocycles. The van der Waals surface area contributed by atoms with Crippen LogP contribution in [0.3, 0.4) is 0 Å². The van der Waals surface area contributed by atoms with Crippen molar-refractivity contribution in [3.8, 4) is 17.3 Å². The van der Waals surface area contributed by atoms with Gasteiger partial charge in [-0.05, 0) is 55.9 Å². The highest BCUT2D eigenvalue weighted by molar-refractivity contribution is 5.98. The molecule has 0 radical (unpaired) electrons. The number of aryl methyl sites for hydroxylation is 1. The normalized spacial score (nSPS) is 21.7. The van der Waals surface area contributed by atoms with Gasteiger partial charge in [-0.25, -0.2) is 24.3 Å². The molecular weight excluding hydrogens is 409 g/mol. The fourth-order valence-corrected chi connectivity index (χ4v) is 4.44. The summed E-state index contributed by atoms with van der Waals surface area (Å²) in [6, 6.07) is 8.38. The second kappa shape index (κ2) is 8.61. The number of ether oxygens (including phenoxy) is 1. The molecule has 8 heteroatoms. The molecule has 5 rings (SSSR count). The summed E-state index contributed by atoms with van der Waals surface area (Å²) in [4.78, 5) is 32.8. The molecule has 2 aliphatic rings. The largest absolute Gasteiger partial charge is 0.478 e. The average Bonchev–Trinajstić information content (AvgIpc) is 3.58. The number of hydrogen-bond donors (Lipinski definition) is 0. The van der Waals surface area contributed by atoms with Gasteiger partial charge < -0.3 is 9.64 Å². The zero-order valence-electron chi connectivity index (χ0n) is 17.8. The lowest BCUT2D eigenvalue weighted by Gasteiger charge is -2.35. The number of nitrogens with zero attached hydrogens (tertiary/aromatic N) is 5. The standard InChI is InChI=1S/C24H24FN5O2/c1-15-3-5-20(23-26-8-2-9-27-23)22(29-15)24(31)30-14-17-11-16(17)12-19(30)7-10-32-21-6-4-18(25)13-28-21/h2-6,8-9,13,16-17,19H,7,10-12,14H2,1H3/t16-,17?,19-/m1/s1. The first kappa shape index (κ1) is 20.5. The summed E-state index contributed by atoms with van der Waals surface area (Å²) in [5, 5.41) is 0. The van der Waals surface area contributed by atoms with E-state index in [1.54, 1.807) is 18.5 Å². The number of carbonyl (C=O) groups excluding carboxylic acids is 1. The minimum atomic E-state index is -0.398. The van der Waals surface area contributed by atoms with Gasteiger partial charge in [0.05, 0.1) is 18.4 Å². The van der Waals surface area contributed by atoms with Crippen LogP contribution in [0.2, 0.25) is 0 Å². The second-order valence-electron chi connectivity index (χ2n) is 8.48. The molecule has 3 aromatic heterocycles. The number of aromatic nitrogens is 4. The Balaban J connectivity index is 1.35. The number of hydrogen-bond acceptors (Lipinski definition) is 6. The van der Waals surface area contributed by atoms with Gasteiger partial charge in [0, 0.05) is 43.2 Å². The summed E-state index contributed by atoms with van der Waals surface area (Å²) >= 11 is 0. The molecule has 164 valence electrons. The maximum Gasteiger partial charge on any atom is 0.273 e. The van der Waals surface area contributed by atoms with Crippen LogP contribution in [-0.4, -0.2) is 49.9 Å². The van der Waals surface area contributed by atoms with E-state index < -0.39 is 5.82 Å². The van der Waals surface area contributed by atoms with Crippen molar-refractivity contribution in [2.24, 2.45) is 11.8 Å². The summed E-state index contributed by atoms with van der Waals surface area (Å²) in [5.74, 6) is 1.63. The maximum atomic E-state index is 13.7. The predicted molar refractivity (Wildman–Crippen MR) is 115 cm³/mol. The topological polar surface area (TPSA) is 81.1 Å². The van der Waals surface area contributed by atoms with Crippen LogP contribution in [-0.2, 0) is 0 Å². The lowest BCUT2D eigenvalue weighted by Crippen LogP contribution is -2.46. The Kier molecular flexibility index (Phi) is 5.51. The fraction of sp³-hybridized carbons (Fsp3) is 0.375. The minimum absolute atomic E-state index is 0.0542. The van der Waals surface area contributed by atoms with Crippen LogP contribution in [0, 0.1) is 24.6 Å². The molecule has 0 bridgehead atoms. The predicted octanol–water partition coefficient (Wildman–Crippen LogP) is 3.70. The molecule has 7 nitrogen and oxygen atoms in total. The first-order chi connectivity index (χ1) is 15.6. The Bertz CT molecular complexity index is 1110. The third kappa shape index (κ3) is 4.30. The van der Waals surface area contributed by atoms with Gasteiger partial charge in [-0.15, -0.1) is 0 Å². The number of pyridine rings is 2. The van der Waals surface area contributed by atoms with E-state index in [0.717, 1.165) is 31.3 Å². The molecule has 1 aliphatic heterocycles. The molecular formula is C24H24FN5O2. The van der Waals surface area contributed by atoms with Gasteiger partial charge in [0.25, 0.3) is 5.91 Å². The van der Waals surface area contributed by atoms with E-state index in [-0.39, 0.29) is 11.9 Å². The molecule has 0 spiro atoms. The van der Waals surface area contributed by atoms with E-state index in [0.29, 0.717) is 47.8 Å². The van der Waals surface area contributed by atoms with Gasteiger partial charge in [-0.1, -0.05) is 0 Å². The quantitative estimate of drug-likeness (QED) is 0.590. The van der Waals surface area contributed by atoms with E-state index in [1.165, 1.54) is 12.1 Å². The van der Waals surface area contributed by atoms with E-state index >= 15 is 0 Å². The average molecular weight is 433 g/mol. The van der Waals surface area contributed by atoms with E-state index in [1.807, 2.05) is 24.0 Å². The first-order valence-corrected chi connectivity index (χ1v) is 10.9. The highest BCUT2D eigenvalue weighted by Crippen LogP contribution is 2.48. The summed E-state index contributed by atoms with van der Waals surface area (Å²) in [5.41, 5.74) is 1.81. The van der Waals surface area contributed by atoms with Crippen molar-refractivity contribution in [1.29, 1.82) is 0 Å². The summed E-state index contributed by atoms with van der Waals surface area (Å²) in [7, 11) is 0. The SMILES string of the molecule is Cc1ccc(-c2ncccn2)c(C(=O)N2CC3C[C@@H]3C[C@H]2CCOc2ccc(F)cn2)n1. The van der Waals surface area contributed by atoms with Crippen molar-refractivity contribution in [3.63, 3.8) is 0 Å². The summed E-state index contributed by atoms with van der Waals surface area (Å²) < 4.78 is 18.8. The maximum absolute atomic E-state index is 13.7. The van der Waals surface area contributed by atoms with Crippen molar-refractivity contribution in [2.45, 2.75) is 32.2 Å². The van der Waals surface area contributed by atoms with E-state index in [4.69, 9.17) is 4.74 Å². The van der Waals surface area contributed by atoms with Crippen molar-refractivity contribution in [1.82, 2.24) is 24.8 Å². The van der Waals surface area contributed by atoms with Crippen molar-refractivity contribution in [2.75, 3.05) is 13.2 Å². The molecule has 1 saturated heterocycles. The molecule has 1 aliphatic carbocycles. The number of fused-ring (bicyclic) bond motifs is 1. The molecule has 1 unspecified atom stereocenters. The second-order valence-corrected chi connectivity index (χ2v) is 8.48. The number of rotatable bonds is 6. The Hall–Kier alpha value is -3.42. The third-order valence-electron chi connectivity index (χ3n) is 6.22. The van der Waals surface area contributed by atoms with Gasteiger partial charge in [-0.2, -0.15) is 0 Å². The number of carbonyl (C=O) groups is 1. The van der Waals surface area contributed by atoms with Crippen molar-refractivity contribution < 1.29 is 13.9 Å².